The minimum absolute atomic E-state index is 0.185. The molecule has 2 rings (SSSR count). The van der Waals surface area contributed by atoms with Gasteiger partial charge in [-0.1, -0.05) is 29.8 Å². The first kappa shape index (κ1) is 14.3. The smallest absolute Gasteiger partial charge is 0.394 e. The summed E-state index contributed by atoms with van der Waals surface area (Å²) in [5, 5.41) is 14.9. The first-order chi connectivity index (χ1) is 9.45. The van der Waals surface area contributed by atoms with Crippen molar-refractivity contribution in [2.75, 3.05) is 5.32 Å². The molecule has 7 heteroatoms. The molecule has 0 unspecified atom stereocenters. The molecule has 1 aromatic heterocycles. The lowest BCUT2D eigenvalue weighted by molar-refractivity contribution is -0.147. The largest absolute Gasteiger partial charge is 0.474 e. The second-order valence-corrected chi connectivity index (χ2v) is 5.12. The van der Waals surface area contributed by atoms with Crippen LogP contribution in [0, 0.1) is 6.92 Å². The van der Waals surface area contributed by atoms with E-state index >= 15 is 0 Å². The highest BCUT2D eigenvalue weighted by Crippen LogP contribution is 2.20. The van der Waals surface area contributed by atoms with Crippen molar-refractivity contribution in [1.82, 2.24) is 9.78 Å². The fourth-order valence-electron chi connectivity index (χ4n) is 1.60. The monoisotopic (exact) mass is 337 g/mol. The van der Waals surface area contributed by atoms with Crippen molar-refractivity contribution in [3.63, 3.8) is 0 Å². The van der Waals surface area contributed by atoms with E-state index in [2.05, 4.69) is 26.3 Å². The SMILES string of the molecule is Cc1ccc(Cn2cc(Br)c(NC(=O)C(=O)O)n2)cc1. The van der Waals surface area contributed by atoms with E-state index in [1.807, 2.05) is 31.2 Å². The van der Waals surface area contributed by atoms with Crippen molar-refractivity contribution in [3.8, 4) is 0 Å². The van der Waals surface area contributed by atoms with Crippen molar-refractivity contribution < 1.29 is 14.7 Å². The fourth-order valence-corrected chi connectivity index (χ4v) is 2.02. The number of nitrogens with zero attached hydrogens (tertiary/aromatic N) is 2. The predicted octanol–water partition coefficient (Wildman–Crippen LogP) is 2.03. The molecule has 1 amide bonds. The van der Waals surface area contributed by atoms with Crippen LogP contribution in [-0.2, 0) is 16.1 Å². The number of hydrogen-bond donors (Lipinski definition) is 2. The summed E-state index contributed by atoms with van der Waals surface area (Å²) in [4.78, 5) is 21.6. The Kier molecular flexibility index (Phi) is 4.19. The van der Waals surface area contributed by atoms with Gasteiger partial charge < -0.3 is 5.11 Å². The molecule has 2 N–H and O–H groups in total. The van der Waals surface area contributed by atoms with E-state index in [-0.39, 0.29) is 5.82 Å². The number of halogens is 1. The summed E-state index contributed by atoms with van der Waals surface area (Å²) in [7, 11) is 0. The van der Waals surface area contributed by atoms with Gasteiger partial charge in [-0.15, -0.1) is 0 Å². The average molecular weight is 338 g/mol. The Morgan fingerprint density at radius 3 is 2.60 bits per heavy atom. The van der Waals surface area contributed by atoms with Crippen LogP contribution in [-0.4, -0.2) is 26.8 Å². The van der Waals surface area contributed by atoms with E-state index < -0.39 is 11.9 Å². The van der Waals surface area contributed by atoms with Crippen molar-refractivity contribution in [3.05, 3.63) is 46.1 Å². The van der Waals surface area contributed by atoms with Gasteiger partial charge in [-0.3, -0.25) is 14.8 Å². The number of nitrogens with one attached hydrogen (secondary N) is 1. The summed E-state index contributed by atoms with van der Waals surface area (Å²) in [6, 6.07) is 7.98. The zero-order chi connectivity index (χ0) is 14.7. The third-order valence-corrected chi connectivity index (χ3v) is 3.19. The van der Waals surface area contributed by atoms with E-state index in [0.29, 0.717) is 11.0 Å². The highest BCUT2D eigenvalue weighted by atomic mass is 79.9. The van der Waals surface area contributed by atoms with E-state index in [1.165, 1.54) is 5.56 Å². The molecule has 2 aromatic rings. The summed E-state index contributed by atoms with van der Waals surface area (Å²) in [5.74, 6) is -2.49. The molecule has 0 spiro atoms. The molecule has 0 bridgehead atoms. The zero-order valence-corrected chi connectivity index (χ0v) is 12.2. The maximum absolute atomic E-state index is 11.1. The van der Waals surface area contributed by atoms with Gasteiger partial charge >= 0.3 is 11.9 Å². The molecule has 0 fully saturated rings. The van der Waals surface area contributed by atoms with Crippen LogP contribution in [0.2, 0.25) is 0 Å². The number of aromatic nitrogens is 2. The van der Waals surface area contributed by atoms with Crippen LogP contribution in [0.15, 0.2) is 34.9 Å². The topological polar surface area (TPSA) is 84.2 Å². The molecular formula is C13H12BrN3O3. The van der Waals surface area contributed by atoms with Gasteiger partial charge in [-0.25, -0.2) is 4.79 Å². The van der Waals surface area contributed by atoms with Crippen LogP contribution in [0.3, 0.4) is 0 Å². The molecule has 0 saturated heterocycles. The lowest BCUT2D eigenvalue weighted by Gasteiger charge is -2.02. The van der Waals surface area contributed by atoms with E-state index in [1.54, 1.807) is 10.9 Å². The standard InChI is InChI=1S/C13H12BrN3O3/c1-8-2-4-9(5-3-8)6-17-7-10(14)11(16-17)15-12(18)13(19)20/h2-5,7H,6H2,1H3,(H,19,20)(H,15,16,18). The number of rotatable bonds is 3. The van der Waals surface area contributed by atoms with Gasteiger partial charge in [0, 0.05) is 6.20 Å². The Morgan fingerprint density at radius 1 is 1.35 bits per heavy atom. The molecular weight excluding hydrogens is 326 g/mol. The number of anilines is 1. The number of aryl methyl sites for hydroxylation is 1. The van der Waals surface area contributed by atoms with Crippen LogP contribution in [0.1, 0.15) is 11.1 Å². The van der Waals surface area contributed by atoms with E-state index in [9.17, 15) is 9.59 Å². The fraction of sp³-hybridized carbons (Fsp3) is 0.154. The van der Waals surface area contributed by atoms with Gasteiger partial charge in [0.2, 0.25) is 0 Å². The molecule has 20 heavy (non-hydrogen) atoms. The molecule has 0 aliphatic rings. The molecule has 6 nitrogen and oxygen atoms in total. The van der Waals surface area contributed by atoms with Crippen molar-refractivity contribution >= 4 is 33.6 Å². The molecule has 0 atom stereocenters. The molecule has 0 radical (unpaired) electrons. The second kappa shape index (κ2) is 5.87. The van der Waals surface area contributed by atoms with Crippen LogP contribution < -0.4 is 5.32 Å². The van der Waals surface area contributed by atoms with Gasteiger partial charge in [0.05, 0.1) is 11.0 Å². The van der Waals surface area contributed by atoms with Crippen molar-refractivity contribution in [2.45, 2.75) is 13.5 Å². The number of hydrogen-bond acceptors (Lipinski definition) is 3. The van der Waals surface area contributed by atoms with E-state index in [0.717, 1.165) is 5.56 Å². The molecule has 1 heterocycles. The van der Waals surface area contributed by atoms with Gasteiger partial charge in [0.25, 0.3) is 0 Å². The zero-order valence-electron chi connectivity index (χ0n) is 10.6. The molecule has 0 aliphatic heterocycles. The third kappa shape index (κ3) is 3.45. The van der Waals surface area contributed by atoms with Crippen molar-refractivity contribution in [2.24, 2.45) is 0 Å². The molecule has 0 saturated carbocycles. The average Bonchev–Trinajstić information content (AvgIpc) is 2.72. The number of amides is 1. The normalized spacial score (nSPS) is 10.3. The number of carbonyl (C=O) groups is 2. The lowest BCUT2D eigenvalue weighted by atomic mass is 10.1. The summed E-state index contributed by atoms with van der Waals surface area (Å²) >= 11 is 3.23. The second-order valence-electron chi connectivity index (χ2n) is 4.27. The number of benzene rings is 1. The van der Waals surface area contributed by atoms with E-state index in [4.69, 9.17) is 5.11 Å². The number of carbonyl (C=O) groups excluding carboxylic acids is 1. The maximum Gasteiger partial charge on any atom is 0.394 e. The number of carboxylic acids is 1. The highest BCUT2D eigenvalue weighted by Gasteiger charge is 2.15. The summed E-state index contributed by atoms with van der Waals surface area (Å²) in [5.41, 5.74) is 2.23. The Morgan fingerprint density at radius 2 is 2.00 bits per heavy atom. The number of carboxylic acid groups (broad SMARTS) is 1. The Bertz CT molecular complexity index is 649. The van der Waals surface area contributed by atoms with Crippen molar-refractivity contribution in [1.29, 1.82) is 0 Å². The summed E-state index contributed by atoms with van der Waals surface area (Å²) in [6.45, 7) is 2.54. The first-order valence-electron chi connectivity index (χ1n) is 5.78. The quantitative estimate of drug-likeness (QED) is 0.839. The Labute approximate surface area is 123 Å². The minimum Gasteiger partial charge on any atom is -0.474 e. The van der Waals surface area contributed by atoms with Gasteiger partial charge in [0.15, 0.2) is 5.82 Å². The van der Waals surface area contributed by atoms with Crippen LogP contribution in [0.25, 0.3) is 0 Å². The molecule has 0 aliphatic carbocycles. The number of aliphatic carboxylic acids is 1. The van der Waals surface area contributed by atoms with Crippen LogP contribution in [0.5, 0.6) is 0 Å². The van der Waals surface area contributed by atoms with Crippen LogP contribution in [0.4, 0.5) is 5.82 Å². The Balaban J connectivity index is 2.12. The third-order valence-electron chi connectivity index (χ3n) is 2.61. The summed E-state index contributed by atoms with van der Waals surface area (Å²) < 4.78 is 2.14. The Hall–Kier alpha value is -2.15. The maximum atomic E-state index is 11.1. The highest BCUT2D eigenvalue weighted by molar-refractivity contribution is 9.10. The lowest BCUT2D eigenvalue weighted by Crippen LogP contribution is -2.22. The predicted molar refractivity (Wildman–Crippen MR) is 76.5 cm³/mol. The first-order valence-corrected chi connectivity index (χ1v) is 6.58. The van der Waals surface area contributed by atoms with Crippen LogP contribution >= 0.6 is 15.9 Å². The summed E-state index contributed by atoms with van der Waals surface area (Å²) in [6.07, 6.45) is 1.68. The van der Waals surface area contributed by atoms with Gasteiger partial charge in [-0.2, -0.15) is 5.10 Å². The molecule has 104 valence electrons. The minimum atomic E-state index is -1.55. The van der Waals surface area contributed by atoms with Gasteiger partial charge in [0.1, 0.15) is 0 Å². The molecule has 1 aromatic carbocycles. The van der Waals surface area contributed by atoms with Gasteiger partial charge in [-0.05, 0) is 28.4 Å².